The fraction of sp³-hybridized carbons (Fsp3) is 0.636. The van der Waals surface area contributed by atoms with Crippen LogP contribution in [0, 0.1) is 17.3 Å². The van der Waals surface area contributed by atoms with E-state index in [0.29, 0.717) is 29.9 Å². The molecule has 5 heteroatoms. The molecule has 0 saturated heterocycles. The average Bonchev–Trinajstić information content (AvgIpc) is 2.58. The lowest BCUT2D eigenvalue weighted by Crippen LogP contribution is -2.58. The molecule has 5 nitrogen and oxygen atoms in total. The van der Waals surface area contributed by atoms with Gasteiger partial charge < -0.3 is 15.2 Å². The highest BCUT2D eigenvalue weighted by Crippen LogP contribution is 2.61. The highest BCUT2D eigenvalue weighted by atomic mass is 16.5. The third kappa shape index (κ3) is 3.62. The Hall–Kier alpha value is -1.88. The van der Waals surface area contributed by atoms with Gasteiger partial charge in [0.05, 0.1) is 11.0 Å². The summed E-state index contributed by atoms with van der Waals surface area (Å²) in [7, 11) is 0. The van der Waals surface area contributed by atoms with Gasteiger partial charge in [0.25, 0.3) is 5.91 Å². The lowest BCUT2D eigenvalue weighted by atomic mass is 9.48. The Bertz CT molecular complexity index is 725. The van der Waals surface area contributed by atoms with Crippen LogP contribution in [0.2, 0.25) is 0 Å². The monoisotopic (exact) mass is 371 g/mol. The van der Waals surface area contributed by atoms with Crippen LogP contribution in [0.25, 0.3) is 0 Å². The number of amides is 1. The normalized spacial score (nSPS) is 33.9. The van der Waals surface area contributed by atoms with Crippen LogP contribution >= 0.6 is 0 Å². The number of benzene rings is 1. The summed E-state index contributed by atoms with van der Waals surface area (Å²) < 4.78 is 5.41. The van der Waals surface area contributed by atoms with E-state index in [0.717, 1.165) is 32.1 Å². The second kappa shape index (κ2) is 6.62. The molecule has 4 saturated carbocycles. The summed E-state index contributed by atoms with van der Waals surface area (Å²) in [4.78, 5) is 25.0. The fourth-order valence-corrected chi connectivity index (χ4v) is 5.89. The molecule has 1 amide bonds. The summed E-state index contributed by atoms with van der Waals surface area (Å²) in [5.41, 5.74) is 0.616. The zero-order valence-electron chi connectivity index (χ0n) is 16.2. The van der Waals surface area contributed by atoms with Gasteiger partial charge in [-0.15, -0.1) is 0 Å². The van der Waals surface area contributed by atoms with Crippen molar-refractivity contribution in [2.45, 2.75) is 63.9 Å². The Morgan fingerprint density at radius 1 is 1.15 bits per heavy atom. The van der Waals surface area contributed by atoms with Gasteiger partial charge in [-0.3, -0.25) is 9.59 Å². The topological polar surface area (TPSA) is 75.6 Å². The first-order valence-corrected chi connectivity index (χ1v) is 10.1. The highest BCUT2D eigenvalue weighted by Gasteiger charge is 2.60. The van der Waals surface area contributed by atoms with Crippen LogP contribution in [-0.4, -0.2) is 29.2 Å². The van der Waals surface area contributed by atoms with E-state index in [-0.39, 0.29) is 18.5 Å². The van der Waals surface area contributed by atoms with Gasteiger partial charge in [0.15, 0.2) is 6.61 Å². The van der Waals surface area contributed by atoms with E-state index < -0.39 is 11.0 Å². The van der Waals surface area contributed by atoms with E-state index in [1.165, 1.54) is 5.56 Å². The SMILES string of the molecule is CC(C)c1ccc(NC(=O)COC(=O)C23C[C@@H]4C[C@@H](CC(O)(C4)C2)C3)cc1. The summed E-state index contributed by atoms with van der Waals surface area (Å²) in [6, 6.07) is 7.71. The third-order valence-electron chi connectivity index (χ3n) is 6.66. The number of carbonyl (C=O) groups excluding carboxylic acids is 2. The minimum Gasteiger partial charge on any atom is -0.455 e. The van der Waals surface area contributed by atoms with Gasteiger partial charge in [0.1, 0.15) is 0 Å². The number of hydrogen-bond donors (Lipinski definition) is 2. The molecule has 4 aliphatic rings. The molecule has 1 aromatic rings. The van der Waals surface area contributed by atoms with Crippen molar-refractivity contribution in [2.24, 2.45) is 17.3 Å². The Morgan fingerprint density at radius 3 is 2.33 bits per heavy atom. The molecule has 2 N–H and O–H groups in total. The minimum absolute atomic E-state index is 0.278. The predicted octanol–water partition coefficient (Wildman–Crippen LogP) is 3.62. The van der Waals surface area contributed by atoms with Crippen LogP contribution in [0.15, 0.2) is 24.3 Å². The number of hydrogen-bond acceptors (Lipinski definition) is 4. The maximum Gasteiger partial charge on any atom is 0.312 e. The van der Waals surface area contributed by atoms with Crippen LogP contribution in [0.1, 0.15) is 63.9 Å². The number of nitrogens with one attached hydrogen (secondary N) is 1. The van der Waals surface area contributed by atoms with E-state index in [1.807, 2.05) is 24.3 Å². The van der Waals surface area contributed by atoms with E-state index in [2.05, 4.69) is 19.2 Å². The molecule has 0 spiro atoms. The first-order valence-electron chi connectivity index (χ1n) is 10.1. The molecule has 0 heterocycles. The van der Waals surface area contributed by atoms with Crippen LogP contribution in [0.4, 0.5) is 5.69 Å². The van der Waals surface area contributed by atoms with Gasteiger partial charge >= 0.3 is 5.97 Å². The zero-order chi connectivity index (χ0) is 19.2. The maximum absolute atomic E-state index is 12.8. The van der Waals surface area contributed by atoms with E-state index in [1.54, 1.807) is 0 Å². The van der Waals surface area contributed by atoms with Crippen molar-refractivity contribution in [3.8, 4) is 0 Å². The average molecular weight is 371 g/mol. The Labute approximate surface area is 160 Å². The number of ether oxygens (including phenoxy) is 1. The van der Waals surface area contributed by atoms with Gasteiger partial charge in [-0.2, -0.15) is 0 Å². The Balaban J connectivity index is 1.33. The van der Waals surface area contributed by atoms with Crippen LogP contribution in [0.5, 0.6) is 0 Å². The Morgan fingerprint density at radius 2 is 1.78 bits per heavy atom. The molecule has 0 aromatic heterocycles. The molecule has 4 fully saturated rings. The second-order valence-corrected chi connectivity index (χ2v) is 9.37. The number of anilines is 1. The number of esters is 1. The number of rotatable bonds is 5. The molecule has 146 valence electrons. The quantitative estimate of drug-likeness (QED) is 0.775. The lowest BCUT2D eigenvalue weighted by Gasteiger charge is -2.58. The van der Waals surface area contributed by atoms with Gasteiger partial charge in [0.2, 0.25) is 0 Å². The number of aliphatic hydroxyl groups is 1. The highest BCUT2D eigenvalue weighted by molar-refractivity contribution is 5.93. The molecule has 2 unspecified atom stereocenters. The molecular formula is C22H29NO4. The van der Waals surface area contributed by atoms with Gasteiger partial charge in [-0.05, 0) is 74.0 Å². The molecular weight excluding hydrogens is 342 g/mol. The summed E-state index contributed by atoms with van der Waals surface area (Å²) in [5.74, 6) is 0.629. The standard InChI is InChI=1S/C22H29NO4/c1-14(2)17-3-5-18(6-4-17)23-19(24)12-27-20(25)21-8-15-7-16(9-21)11-22(26,10-15)13-21/h3-6,14-16,26H,7-13H2,1-2H3,(H,23,24)/t15-,16+,21?,22?. The van der Waals surface area contributed by atoms with Crippen molar-refractivity contribution < 1.29 is 19.4 Å². The molecule has 0 aliphatic heterocycles. The first-order chi connectivity index (χ1) is 12.8. The maximum atomic E-state index is 12.8. The van der Waals surface area contributed by atoms with Crippen molar-refractivity contribution in [2.75, 3.05) is 11.9 Å². The van der Waals surface area contributed by atoms with Gasteiger partial charge in [-0.25, -0.2) is 0 Å². The molecule has 1 aromatic carbocycles. The van der Waals surface area contributed by atoms with Crippen molar-refractivity contribution >= 4 is 17.6 Å². The van der Waals surface area contributed by atoms with Crippen molar-refractivity contribution in [3.63, 3.8) is 0 Å². The van der Waals surface area contributed by atoms with Crippen LogP contribution in [0.3, 0.4) is 0 Å². The largest absolute Gasteiger partial charge is 0.455 e. The van der Waals surface area contributed by atoms with Crippen LogP contribution in [-0.2, 0) is 14.3 Å². The Kier molecular flexibility index (Phi) is 4.53. The minimum atomic E-state index is -0.705. The fourth-order valence-electron chi connectivity index (χ4n) is 5.89. The molecule has 5 rings (SSSR count). The van der Waals surface area contributed by atoms with Gasteiger partial charge in [-0.1, -0.05) is 26.0 Å². The van der Waals surface area contributed by atoms with Crippen molar-refractivity contribution in [3.05, 3.63) is 29.8 Å². The van der Waals surface area contributed by atoms with E-state index >= 15 is 0 Å². The summed E-state index contributed by atoms with van der Waals surface area (Å²) in [5, 5.41) is 13.5. The first kappa shape index (κ1) is 18.5. The summed E-state index contributed by atoms with van der Waals surface area (Å²) in [6.07, 6.45) is 4.82. The molecule has 0 radical (unpaired) electrons. The molecule has 4 atom stereocenters. The zero-order valence-corrected chi connectivity index (χ0v) is 16.2. The predicted molar refractivity (Wildman–Crippen MR) is 102 cm³/mol. The van der Waals surface area contributed by atoms with Crippen molar-refractivity contribution in [1.82, 2.24) is 0 Å². The summed E-state index contributed by atoms with van der Waals surface area (Å²) >= 11 is 0. The summed E-state index contributed by atoms with van der Waals surface area (Å²) in [6.45, 7) is 3.96. The lowest BCUT2D eigenvalue weighted by molar-refractivity contribution is -0.196. The molecule has 4 aliphatic carbocycles. The van der Waals surface area contributed by atoms with Gasteiger partial charge in [0, 0.05) is 5.69 Å². The van der Waals surface area contributed by atoms with Crippen molar-refractivity contribution in [1.29, 1.82) is 0 Å². The van der Waals surface area contributed by atoms with E-state index in [9.17, 15) is 14.7 Å². The second-order valence-electron chi connectivity index (χ2n) is 9.37. The van der Waals surface area contributed by atoms with Crippen LogP contribution < -0.4 is 5.32 Å². The molecule has 27 heavy (non-hydrogen) atoms. The van der Waals surface area contributed by atoms with E-state index in [4.69, 9.17) is 4.74 Å². The number of carbonyl (C=O) groups is 2. The molecule has 4 bridgehead atoms. The smallest absolute Gasteiger partial charge is 0.312 e. The third-order valence-corrected chi connectivity index (χ3v) is 6.66.